The van der Waals surface area contributed by atoms with E-state index in [0.717, 1.165) is 42.9 Å². The van der Waals surface area contributed by atoms with Crippen molar-refractivity contribution in [3.8, 4) is 0 Å². The second kappa shape index (κ2) is 5.46. The van der Waals surface area contributed by atoms with Gasteiger partial charge in [-0.2, -0.15) is 5.10 Å². The van der Waals surface area contributed by atoms with E-state index in [-0.39, 0.29) is 5.91 Å². The Morgan fingerprint density at radius 3 is 3.20 bits per heavy atom. The van der Waals surface area contributed by atoms with Crippen molar-refractivity contribution in [3.63, 3.8) is 0 Å². The van der Waals surface area contributed by atoms with E-state index in [0.29, 0.717) is 0 Å². The number of nitrogens with one attached hydrogen (secondary N) is 2. The number of anilines is 1. The van der Waals surface area contributed by atoms with Crippen LogP contribution in [-0.4, -0.2) is 22.2 Å². The summed E-state index contributed by atoms with van der Waals surface area (Å²) in [6, 6.07) is 5.91. The van der Waals surface area contributed by atoms with Crippen molar-refractivity contribution in [2.45, 2.75) is 26.4 Å². The number of aromatic nitrogens is 2. The zero-order chi connectivity index (χ0) is 13.9. The van der Waals surface area contributed by atoms with Gasteiger partial charge in [0.25, 0.3) is 5.91 Å². The minimum Gasteiger partial charge on any atom is -0.319 e. The molecule has 2 N–H and O–H groups in total. The fourth-order valence-corrected chi connectivity index (χ4v) is 2.54. The molecule has 0 unspecified atom stereocenters. The Bertz CT molecular complexity index is 633. The van der Waals surface area contributed by atoms with Crippen LogP contribution in [0.5, 0.6) is 0 Å². The molecule has 0 bridgehead atoms. The monoisotopic (exact) mass is 270 g/mol. The maximum absolute atomic E-state index is 12.4. The van der Waals surface area contributed by atoms with Crippen LogP contribution >= 0.6 is 0 Å². The number of aryl methyl sites for hydroxylation is 1. The van der Waals surface area contributed by atoms with Crippen molar-refractivity contribution < 1.29 is 4.79 Å². The number of rotatable bonds is 3. The topological polar surface area (TPSA) is 59.0 Å². The molecule has 0 saturated carbocycles. The highest BCUT2D eigenvalue weighted by atomic mass is 16.1. The first-order valence-corrected chi connectivity index (χ1v) is 6.93. The van der Waals surface area contributed by atoms with E-state index in [1.54, 1.807) is 10.9 Å². The molecular formula is C15H18N4O. The normalized spacial score (nSPS) is 13.8. The molecular weight excluding hydrogens is 252 g/mol. The van der Waals surface area contributed by atoms with Gasteiger partial charge in [-0.05, 0) is 37.1 Å². The number of nitrogens with zero attached hydrogens (tertiary/aromatic N) is 2. The molecule has 0 fully saturated rings. The third-order valence-corrected chi connectivity index (χ3v) is 3.60. The van der Waals surface area contributed by atoms with Crippen molar-refractivity contribution in [1.29, 1.82) is 0 Å². The quantitative estimate of drug-likeness (QED) is 0.894. The van der Waals surface area contributed by atoms with E-state index >= 15 is 0 Å². The number of hydrogen-bond donors (Lipinski definition) is 2. The van der Waals surface area contributed by atoms with Gasteiger partial charge in [0.2, 0.25) is 0 Å². The number of carbonyl (C=O) groups is 1. The second-order valence-corrected chi connectivity index (χ2v) is 4.91. The number of benzene rings is 1. The fourth-order valence-electron chi connectivity index (χ4n) is 2.54. The Morgan fingerprint density at radius 1 is 1.50 bits per heavy atom. The van der Waals surface area contributed by atoms with Gasteiger partial charge in [0, 0.05) is 24.8 Å². The summed E-state index contributed by atoms with van der Waals surface area (Å²) in [6.07, 6.45) is 4.42. The lowest BCUT2D eigenvalue weighted by atomic mass is 9.95. The largest absolute Gasteiger partial charge is 0.319 e. The number of carbonyl (C=O) groups excluding carboxylic acids is 1. The van der Waals surface area contributed by atoms with Gasteiger partial charge >= 0.3 is 0 Å². The predicted octanol–water partition coefficient (Wildman–Crippen LogP) is 1.80. The summed E-state index contributed by atoms with van der Waals surface area (Å²) in [6.45, 7) is 4.57. The molecule has 5 nitrogen and oxygen atoms in total. The van der Waals surface area contributed by atoms with Gasteiger partial charge in [-0.25, -0.2) is 0 Å². The Hall–Kier alpha value is -2.14. The van der Waals surface area contributed by atoms with Crippen molar-refractivity contribution in [2.24, 2.45) is 0 Å². The van der Waals surface area contributed by atoms with Gasteiger partial charge in [-0.15, -0.1) is 0 Å². The summed E-state index contributed by atoms with van der Waals surface area (Å²) in [7, 11) is 0. The van der Waals surface area contributed by atoms with Crippen molar-refractivity contribution in [3.05, 3.63) is 47.3 Å². The van der Waals surface area contributed by atoms with Gasteiger partial charge in [-0.3, -0.25) is 9.48 Å². The van der Waals surface area contributed by atoms with Crippen LogP contribution in [0.1, 0.15) is 28.4 Å². The minimum atomic E-state index is -0.0561. The molecule has 1 aromatic carbocycles. The highest BCUT2D eigenvalue weighted by Gasteiger charge is 2.17. The number of fused-ring (bicyclic) bond motifs is 1. The Balaban J connectivity index is 1.83. The third-order valence-electron chi connectivity index (χ3n) is 3.60. The Kier molecular flexibility index (Phi) is 3.52. The Morgan fingerprint density at radius 2 is 2.40 bits per heavy atom. The average Bonchev–Trinajstić information content (AvgIpc) is 2.94. The molecule has 0 aliphatic carbocycles. The van der Waals surface area contributed by atoms with Crippen LogP contribution in [0.3, 0.4) is 0 Å². The second-order valence-electron chi connectivity index (χ2n) is 4.91. The van der Waals surface area contributed by atoms with Crippen LogP contribution in [0.4, 0.5) is 5.69 Å². The van der Waals surface area contributed by atoms with E-state index in [4.69, 9.17) is 0 Å². The van der Waals surface area contributed by atoms with Crippen LogP contribution < -0.4 is 10.6 Å². The summed E-state index contributed by atoms with van der Waals surface area (Å²) < 4.78 is 1.79. The molecule has 20 heavy (non-hydrogen) atoms. The van der Waals surface area contributed by atoms with E-state index in [9.17, 15) is 4.79 Å². The predicted molar refractivity (Wildman–Crippen MR) is 77.7 cm³/mol. The van der Waals surface area contributed by atoms with Gasteiger partial charge in [-0.1, -0.05) is 12.1 Å². The molecule has 104 valence electrons. The molecule has 5 heteroatoms. The van der Waals surface area contributed by atoms with Crippen LogP contribution in [0, 0.1) is 0 Å². The van der Waals surface area contributed by atoms with E-state index < -0.39 is 0 Å². The van der Waals surface area contributed by atoms with Gasteiger partial charge in [0.1, 0.15) is 0 Å². The first-order chi connectivity index (χ1) is 9.78. The lowest BCUT2D eigenvalue weighted by Crippen LogP contribution is -2.26. The molecule has 2 heterocycles. The van der Waals surface area contributed by atoms with Crippen LogP contribution in [0.2, 0.25) is 0 Å². The fraction of sp³-hybridized carbons (Fsp3) is 0.333. The molecule has 1 amide bonds. The molecule has 1 aliphatic rings. The summed E-state index contributed by atoms with van der Waals surface area (Å²) in [5, 5.41) is 10.4. The standard InChI is InChI=1S/C15H18N4O/c1-2-19-10-12(9-17-19)18-15(20)14-5-3-4-11-8-16-7-6-13(11)14/h3-5,9-10,16H,2,6-8H2,1H3,(H,18,20). The summed E-state index contributed by atoms with van der Waals surface area (Å²) in [5.41, 5.74) is 3.89. The number of hydrogen-bond acceptors (Lipinski definition) is 3. The molecule has 1 aliphatic heterocycles. The van der Waals surface area contributed by atoms with Crippen molar-refractivity contribution in [2.75, 3.05) is 11.9 Å². The van der Waals surface area contributed by atoms with Crippen molar-refractivity contribution in [1.82, 2.24) is 15.1 Å². The summed E-state index contributed by atoms with van der Waals surface area (Å²) in [4.78, 5) is 12.4. The molecule has 0 saturated heterocycles. The first-order valence-electron chi connectivity index (χ1n) is 6.93. The zero-order valence-corrected chi connectivity index (χ0v) is 11.5. The molecule has 2 aromatic rings. The van der Waals surface area contributed by atoms with Crippen molar-refractivity contribution >= 4 is 11.6 Å². The highest BCUT2D eigenvalue weighted by molar-refractivity contribution is 6.05. The van der Waals surface area contributed by atoms with Crippen LogP contribution in [0.15, 0.2) is 30.6 Å². The molecule has 0 atom stereocenters. The van der Waals surface area contributed by atoms with E-state index in [2.05, 4.69) is 21.8 Å². The van der Waals surface area contributed by atoms with E-state index in [1.165, 1.54) is 5.56 Å². The minimum absolute atomic E-state index is 0.0561. The summed E-state index contributed by atoms with van der Waals surface area (Å²) in [5.74, 6) is -0.0561. The molecule has 0 spiro atoms. The maximum atomic E-state index is 12.4. The number of amides is 1. The molecule has 3 rings (SSSR count). The third kappa shape index (κ3) is 2.44. The summed E-state index contributed by atoms with van der Waals surface area (Å²) >= 11 is 0. The lowest BCUT2D eigenvalue weighted by Gasteiger charge is -2.19. The molecule has 1 aromatic heterocycles. The first kappa shape index (κ1) is 12.9. The van der Waals surface area contributed by atoms with Gasteiger partial charge in [0.15, 0.2) is 0 Å². The van der Waals surface area contributed by atoms with Gasteiger partial charge < -0.3 is 10.6 Å². The van der Waals surface area contributed by atoms with E-state index in [1.807, 2.05) is 25.3 Å². The SMILES string of the molecule is CCn1cc(NC(=O)c2cccc3c2CCNC3)cn1. The van der Waals surface area contributed by atoms with Crippen LogP contribution in [0.25, 0.3) is 0 Å². The molecule has 0 radical (unpaired) electrons. The van der Waals surface area contributed by atoms with Gasteiger partial charge in [0.05, 0.1) is 11.9 Å². The highest BCUT2D eigenvalue weighted by Crippen LogP contribution is 2.20. The lowest BCUT2D eigenvalue weighted by molar-refractivity contribution is 0.102. The van der Waals surface area contributed by atoms with Crippen LogP contribution in [-0.2, 0) is 19.5 Å². The Labute approximate surface area is 118 Å². The smallest absolute Gasteiger partial charge is 0.256 e. The maximum Gasteiger partial charge on any atom is 0.256 e. The zero-order valence-electron chi connectivity index (χ0n) is 11.5. The average molecular weight is 270 g/mol.